The molecule has 0 fully saturated rings. The summed E-state index contributed by atoms with van der Waals surface area (Å²) in [5.41, 5.74) is 0.569. The molecule has 0 bridgehead atoms. The Morgan fingerprint density at radius 1 is 1.38 bits per heavy atom. The van der Waals surface area contributed by atoms with E-state index in [0.29, 0.717) is 18.3 Å². The molecule has 0 aliphatic heterocycles. The molecule has 0 aliphatic carbocycles. The number of aromatic nitrogens is 2. The quantitative estimate of drug-likeness (QED) is 0.872. The third-order valence-corrected chi connectivity index (χ3v) is 3.13. The molecule has 1 amide bonds. The molecule has 0 spiro atoms. The Kier molecular flexibility index (Phi) is 5.56. The lowest BCUT2D eigenvalue weighted by Gasteiger charge is -2.22. The van der Waals surface area contributed by atoms with Gasteiger partial charge in [0.15, 0.2) is 0 Å². The molecule has 0 unspecified atom stereocenters. The summed E-state index contributed by atoms with van der Waals surface area (Å²) in [4.78, 5) is 18.1. The second kappa shape index (κ2) is 7.44. The molecule has 1 aromatic heterocycles. The minimum Gasteiger partial charge on any atom is -0.497 e. The molecule has 24 heavy (non-hydrogen) atoms. The van der Waals surface area contributed by atoms with Crippen molar-refractivity contribution in [2.45, 2.75) is 32.9 Å². The van der Waals surface area contributed by atoms with Gasteiger partial charge in [-0.15, -0.1) is 0 Å². The van der Waals surface area contributed by atoms with Gasteiger partial charge in [-0.25, -0.2) is 0 Å². The first kappa shape index (κ1) is 17.9. The highest BCUT2D eigenvalue weighted by molar-refractivity contribution is 5.78. The van der Waals surface area contributed by atoms with E-state index in [1.165, 1.54) is 0 Å². The normalized spacial score (nSPS) is 11.6. The van der Waals surface area contributed by atoms with Gasteiger partial charge in [-0.2, -0.15) is 4.98 Å². The fourth-order valence-corrected chi connectivity index (χ4v) is 2.19. The van der Waals surface area contributed by atoms with Crippen LogP contribution in [0.1, 0.15) is 26.7 Å². The monoisotopic (exact) mass is 332 g/mol. The van der Waals surface area contributed by atoms with E-state index in [-0.39, 0.29) is 18.0 Å². The maximum absolute atomic E-state index is 11.9. The number of carbonyl (C=O) groups excluding carboxylic acids is 1. The molecule has 2 aromatic rings. The van der Waals surface area contributed by atoms with E-state index in [4.69, 9.17) is 9.26 Å². The molecule has 7 nitrogen and oxygen atoms in total. The van der Waals surface area contributed by atoms with E-state index < -0.39 is 0 Å². The summed E-state index contributed by atoms with van der Waals surface area (Å²) in [6.45, 7) is 6.50. The highest BCUT2D eigenvalue weighted by atomic mass is 16.5. The number of ether oxygens (including phenoxy) is 1. The van der Waals surface area contributed by atoms with E-state index >= 15 is 0 Å². The molecule has 2 rings (SSSR count). The van der Waals surface area contributed by atoms with Crippen molar-refractivity contribution in [2.24, 2.45) is 0 Å². The third kappa shape index (κ3) is 5.34. The van der Waals surface area contributed by atoms with E-state index in [9.17, 15) is 4.79 Å². The Bertz CT molecular complexity index is 691. The van der Waals surface area contributed by atoms with Gasteiger partial charge in [0.05, 0.1) is 20.2 Å². The number of amides is 1. The predicted octanol–water partition coefficient (Wildman–Crippen LogP) is 2.09. The van der Waals surface area contributed by atoms with Crippen LogP contribution in [0.2, 0.25) is 0 Å². The van der Waals surface area contributed by atoms with Crippen LogP contribution in [0, 0.1) is 0 Å². The van der Waals surface area contributed by atoms with Gasteiger partial charge in [-0.1, -0.05) is 17.3 Å². The van der Waals surface area contributed by atoms with Gasteiger partial charge < -0.3 is 14.6 Å². The number of likely N-dealkylation sites (N-methyl/N-ethyl adjacent to an activating group) is 1. The molecule has 0 saturated heterocycles. The van der Waals surface area contributed by atoms with Crippen molar-refractivity contribution in [3.05, 3.63) is 30.2 Å². The first-order valence-electron chi connectivity index (χ1n) is 7.73. The zero-order valence-electron chi connectivity index (χ0n) is 14.8. The lowest BCUT2D eigenvalue weighted by molar-refractivity contribution is -0.123. The smallest absolute Gasteiger partial charge is 0.241 e. The minimum atomic E-state index is -0.248. The molecule has 1 N–H and O–H groups in total. The molecule has 7 heteroatoms. The first-order valence-corrected chi connectivity index (χ1v) is 7.73. The van der Waals surface area contributed by atoms with Crippen LogP contribution < -0.4 is 10.1 Å². The molecule has 0 atom stereocenters. The highest BCUT2D eigenvalue weighted by Gasteiger charge is 2.17. The van der Waals surface area contributed by atoms with Crippen molar-refractivity contribution < 1.29 is 14.1 Å². The number of carbonyl (C=O) groups is 1. The van der Waals surface area contributed by atoms with Gasteiger partial charge in [0, 0.05) is 11.1 Å². The van der Waals surface area contributed by atoms with Crippen LogP contribution >= 0.6 is 0 Å². The SMILES string of the molecule is COc1cccc(-c2noc(CN(C)CC(=O)NC(C)(C)C)n2)c1. The summed E-state index contributed by atoms with van der Waals surface area (Å²) in [5.74, 6) is 1.64. The summed E-state index contributed by atoms with van der Waals surface area (Å²) in [6, 6.07) is 7.45. The van der Waals surface area contributed by atoms with Crippen LogP contribution in [0.25, 0.3) is 11.4 Å². The highest BCUT2D eigenvalue weighted by Crippen LogP contribution is 2.21. The molecule has 0 saturated carbocycles. The number of benzene rings is 1. The fourth-order valence-electron chi connectivity index (χ4n) is 2.19. The van der Waals surface area contributed by atoms with Gasteiger partial charge in [0.25, 0.3) is 0 Å². The maximum Gasteiger partial charge on any atom is 0.241 e. The Morgan fingerprint density at radius 2 is 2.12 bits per heavy atom. The summed E-state index contributed by atoms with van der Waals surface area (Å²) in [5, 5.41) is 6.90. The largest absolute Gasteiger partial charge is 0.497 e. The maximum atomic E-state index is 11.9. The van der Waals surface area contributed by atoms with E-state index in [1.807, 2.05) is 57.0 Å². The van der Waals surface area contributed by atoms with Crippen molar-refractivity contribution in [1.29, 1.82) is 0 Å². The molecular formula is C17H24N4O3. The molecule has 130 valence electrons. The summed E-state index contributed by atoms with van der Waals surface area (Å²) in [6.07, 6.45) is 0. The van der Waals surface area contributed by atoms with E-state index in [0.717, 1.165) is 11.3 Å². The second-order valence-corrected chi connectivity index (χ2v) is 6.71. The van der Waals surface area contributed by atoms with Gasteiger partial charge in [-0.05, 0) is 40.0 Å². The molecule has 0 radical (unpaired) electrons. The lowest BCUT2D eigenvalue weighted by Crippen LogP contribution is -2.45. The van der Waals surface area contributed by atoms with E-state index in [2.05, 4.69) is 15.5 Å². The molecule has 1 aromatic carbocycles. The Hall–Kier alpha value is -2.41. The Morgan fingerprint density at radius 3 is 2.79 bits per heavy atom. The van der Waals surface area contributed by atoms with Crippen molar-refractivity contribution in [3.63, 3.8) is 0 Å². The van der Waals surface area contributed by atoms with E-state index in [1.54, 1.807) is 7.11 Å². The minimum absolute atomic E-state index is 0.0439. The van der Waals surface area contributed by atoms with Gasteiger partial charge >= 0.3 is 0 Å². The third-order valence-electron chi connectivity index (χ3n) is 3.13. The number of hydrogen-bond acceptors (Lipinski definition) is 6. The van der Waals surface area contributed by atoms with Crippen molar-refractivity contribution >= 4 is 5.91 Å². The Labute approximate surface area is 142 Å². The summed E-state index contributed by atoms with van der Waals surface area (Å²) >= 11 is 0. The number of methoxy groups -OCH3 is 1. The molecule has 1 heterocycles. The van der Waals surface area contributed by atoms with Crippen LogP contribution in [0.4, 0.5) is 0 Å². The average molecular weight is 332 g/mol. The van der Waals surface area contributed by atoms with Gasteiger partial charge in [0.2, 0.25) is 17.6 Å². The van der Waals surface area contributed by atoms with Crippen molar-refractivity contribution in [2.75, 3.05) is 20.7 Å². The van der Waals surface area contributed by atoms with Crippen LogP contribution in [-0.4, -0.2) is 47.2 Å². The zero-order chi connectivity index (χ0) is 17.7. The average Bonchev–Trinajstić information content (AvgIpc) is 2.93. The number of hydrogen-bond donors (Lipinski definition) is 1. The van der Waals surface area contributed by atoms with Gasteiger partial charge in [0.1, 0.15) is 5.75 Å². The van der Waals surface area contributed by atoms with Crippen LogP contribution in [0.5, 0.6) is 5.75 Å². The lowest BCUT2D eigenvalue weighted by atomic mass is 10.1. The topological polar surface area (TPSA) is 80.5 Å². The molecule has 0 aliphatic rings. The first-order chi connectivity index (χ1) is 11.3. The zero-order valence-corrected chi connectivity index (χ0v) is 14.8. The summed E-state index contributed by atoms with van der Waals surface area (Å²) < 4.78 is 10.5. The summed E-state index contributed by atoms with van der Waals surface area (Å²) in [7, 11) is 3.44. The van der Waals surface area contributed by atoms with Crippen molar-refractivity contribution in [1.82, 2.24) is 20.4 Å². The fraction of sp³-hybridized carbons (Fsp3) is 0.471. The van der Waals surface area contributed by atoms with Crippen molar-refractivity contribution in [3.8, 4) is 17.1 Å². The Balaban J connectivity index is 1.97. The number of nitrogens with zero attached hydrogens (tertiary/aromatic N) is 3. The van der Waals surface area contributed by atoms with Crippen LogP contribution in [0.3, 0.4) is 0 Å². The predicted molar refractivity (Wildman–Crippen MR) is 90.5 cm³/mol. The van der Waals surface area contributed by atoms with Gasteiger partial charge in [-0.3, -0.25) is 9.69 Å². The number of nitrogens with one attached hydrogen (secondary N) is 1. The second-order valence-electron chi connectivity index (χ2n) is 6.71. The van der Waals surface area contributed by atoms with Crippen LogP contribution in [-0.2, 0) is 11.3 Å². The van der Waals surface area contributed by atoms with Crippen LogP contribution in [0.15, 0.2) is 28.8 Å². The number of rotatable bonds is 6. The standard InChI is InChI=1S/C17H24N4O3/c1-17(2,3)19-14(22)10-21(4)11-15-18-16(20-24-15)12-7-6-8-13(9-12)23-5/h6-9H,10-11H2,1-5H3,(H,19,22). The molecular weight excluding hydrogens is 308 g/mol.